The second-order valence-electron chi connectivity index (χ2n) is 4.84. The van der Waals surface area contributed by atoms with Gasteiger partial charge < -0.3 is 15.8 Å². The molecule has 1 aromatic rings. The molecule has 0 radical (unpaired) electrons. The highest BCUT2D eigenvalue weighted by Crippen LogP contribution is 2.35. The fourth-order valence-electron chi connectivity index (χ4n) is 2.39. The van der Waals surface area contributed by atoms with Crippen LogP contribution in [0.25, 0.3) is 0 Å². The summed E-state index contributed by atoms with van der Waals surface area (Å²) in [5.74, 6) is -0.523. The van der Waals surface area contributed by atoms with Crippen molar-refractivity contribution < 1.29 is 14.4 Å². The van der Waals surface area contributed by atoms with Gasteiger partial charge in [0.25, 0.3) is 5.91 Å². The molecule has 0 bridgehead atoms. The number of carbonyl (C=O) groups excluding carboxylic acids is 1. The Balaban J connectivity index is 2.07. The van der Waals surface area contributed by atoms with Crippen molar-refractivity contribution in [1.29, 1.82) is 0 Å². The molecule has 0 unspecified atom stereocenters. The number of amides is 1. The van der Waals surface area contributed by atoms with E-state index in [9.17, 15) is 9.18 Å². The van der Waals surface area contributed by atoms with E-state index >= 15 is 0 Å². The number of piperidine rings is 1. The molecule has 114 valence electrons. The lowest BCUT2D eigenvalue weighted by Crippen LogP contribution is -2.51. The molecule has 0 spiro atoms. The molecular formula is C13H17FN4O2S. The van der Waals surface area contributed by atoms with E-state index in [1.54, 1.807) is 4.90 Å². The van der Waals surface area contributed by atoms with Crippen LogP contribution in [0.5, 0.6) is 0 Å². The first-order valence-corrected chi connectivity index (χ1v) is 7.69. The molecule has 3 N–H and O–H groups in total. The van der Waals surface area contributed by atoms with Gasteiger partial charge in [-0.05, 0) is 31.2 Å². The molecule has 1 aliphatic rings. The highest BCUT2D eigenvalue weighted by molar-refractivity contribution is 8.00. The number of nitrogens with two attached hydrogens (primary N) is 1. The van der Waals surface area contributed by atoms with Gasteiger partial charge in [0.1, 0.15) is 11.5 Å². The second-order valence-corrected chi connectivity index (χ2v) is 6.03. The highest BCUT2D eigenvalue weighted by Gasteiger charge is 2.39. The maximum Gasteiger partial charge on any atom is 0.272 e. The van der Waals surface area contributed by atoms with Crippen LogP contribution in [0.15, 0.2) is 23.5 Å². The summed E-state index contributed by atoms with van der Waals surface area (Å²) in [6.07, 6.45) is 4.12. The Morgan fingerprint density at radius 2 is 2.19 bits per heavy atom. The van der Waals surface area contributed by atoms with Crippen LogP contribution in [0, 0.1) is 5.82 Å². The summed E-state index contributed by atoms with van der Waals surface area (Å²) in [6.45, 7) is 0.962. The minimum Gasteiger partial charge on any atom is -0.409 e. The Morgan fingerprint density at radius 3 is 2.67 bits per heavy atom. The first-order chi connectivity index (χ1) is 10.0. The number of amidine groups is 1. The third kappa shape index (κ3) is 3.10. The Labute approximate surface area is 126 Å². The van der Waals surface area contributed by atoms with Gasteiger partial charge in [-0.25, -0.2) is 9.37 Å². The number of likely N-dealkylation sites (tertiary alicyclic amines) is 1. The third-order valence-corrected chi connectivity index (χ3v) is 5.17. The number of rotatable bonds is 3. The van der Waals surface area contributed by atoms with E-state index in [-0.39, 0.29) is 17.4 Å². The summed E-state index contributed by atoms with van der Waals surface area (Å²) >= 11 is 1.52. The van der Waals surface area contributed by atoms with Crippen molar-refractivity contribution in [2.24, 2.45) is 10.9 Å². The van der Waals surface area contributed by atoms with Gasteiger partial charge in [0.2, 0.25) is 0 Å². The standard InChI is InChI=1S/C13H17FN4O2S/c1-21-13(12(15)17-20)4-6-18(7-5-13)11(19)10-3-2-9(14)8-16-10/h2-3,8,20H,4-7H2,1H3,(H2,15,17). The molecule has 0 aliphatic carbocycles. The Hall–Kier alpha value is -1.83. The first kappa shape index (κ1) is 15.6. The van der Waals surface area contributed by atoms with Gasteiger partial charge in [0.15, 0.2) is 5.84 Å². The van der Waals surface area contributed by atoms with E-state index in [0.29, 0.717) is 25.9 Å². The molecular weight excluding hydrogens is 295 g/mol. The monoisotopic (exact) mass is 312 g/mol. The van der Waals surface area contributed by atoms with Gasteiger partial charge in [-0.2, -0.15) is 11.8 Å². The van der Waals surface area contributed by atoms with Gasteiger partial charge >= 0.3 is 0 Å². The number of carbonyl (C=O) groups is 1. The van der Waals surface area contributed by atoms with E-state index in [0.717, 1.165) is 6.20 Å². The van der Waals surface area contributed by atoms with Crippen LogP contribution < -0.4 is 5.73 Å². The lowest BCUT2D eigenvalue weighted by molar-refractivity contribution is 0.0712. The molecule has 1 fully saturated rings. The fraction of sp³-hybridized carbons (Fsp3) is 0.462. The molecule has 8 heteroatoms. The Morgan fingerprint density at radius 1 is 1.52 bits per heavy atom. The topological polar surface area (TPSA) is 91.8 Å². The van der Waals surface area contributed by atoms with Crippen molar-refractivity contribution in [3.8, 4) is 0 Å². The number of halogens is 1. The normalized spacial score (nSPS) is 18.6. The van der Waals surface area contributed by atoms with Crippen LogP contribution in [0.4, 0.5) is 4.39 Å². The lowest BCUT2D eigenvalue weighted by Gasteiger charge is -2.39. The Kier molecular flexibility index (Phi) is 4.66. The molecule has 1 aromatic heterocycles. The zero-order chi connectivity index (χ0) is 15.5. The van der Waals surface area contributed by atoms with E-state index in [1.807, 2.05) is 6.26 Å². The zero-order valence-corrected chi connectivity index (χ0v) is 12.4. The van der Waals surface area contributed by atoms with Gasteiger partial charge in [-0.3, -0.25) is 4.79 Å². The minimum atomic E-state index is -0.474. The van der Waals surface area contributed by atoms with Gasteiger partial charge in [0.05, 0.1) is 10.9 Å². The zero-order valence-electron chi connectivity index (χ0n) is 11.6. The molecule has 1 saturated heterocycles. The maximum atomic E-state index is 12.8. The summed E-state index contributed by atoms with van der Waals surface area (Å²) in [6, 6.07) is 2.59. The SMILES string of the molecule is CSC1(/C(N)=N/O)CCN(C(=O)c2ccc(F)cn2)CC1. The quantitative estimate of drug-likeness (QED) is 0.380. The van der Waals surface area contributed by atoms with Crippen molar-refractivity contribution in [3.05, 3.63) is 29.8 Å². The van der Waals surface area contributed by atoms with Crippen LogP contribution in [0.3, 0.4) is 0 Å². The molecule has 1 aliphatic heterocycles. The average molecular weight is 312 g/mol. The molecule has 6 nitrogen and oxygen atoms in total. The smallest absolute Gasteiger partial charge is 0.272 e. The van der Waals surface area contributed by atoms with E-state index in [2.05, 4.69) is 10.1 Å². The maximum absolute atomic E-state index is 12.8. The van der Waals surface area contributed by atoms with E-state index < -0.39 is 10.6 Å². The molecule has 2 heterocycles. The number of hydrogen-bond acceptors (Lipinski definition) is 5. The number of pyridine rings is 1. The fourth-order valence-corrected chi connectivity index (χ4v) is 3.23. The van der Waals surface area contributed by atoms with Crippen molar-refractivity contribution >= 4 is 23.5 Å². The first-order valence-electron chi connectivity index (χ1n) is 6.46. The second kappa shape index (κ2) is 6.30. The minimum absolute atomic E-state index is 0.182. The largest absolute Gasteiger partial charge is 0.409 e. The molecule has 0 atom stereocenters. The third-order valence-electron chi connectivity index (χ3n) is 3.77. The lowest BCUT2D eigenvalue weighted by atomic mass is 9.94. The van der Waals surface area contributed by atoms with Crippen molar-refractivity contribution in [2.45, 2.75) is 17.6 Å². The predicted molar refractivity (Wildman–Crippen MR) is 79.0 cm³/mol. The summed E-state index contributed by atoms with van der Waals surface area (Å²) in [5.41, 5.74) is 5.98. The van der Waals surface area contributed by atoms with Gasteiger partial charge in [-0.1, -0.05) is 5.16 Å². The van der Waals surface area contributed by atoms with Crippen LogP contribution in [-0.4, -0.2) is 50.9 Å². The predicted octanol–water partition coefficient (Wildman–Crippen LogP) is 1.30. The number of nitrogens with zero attached hydrogens (tertiary/aromatic N) is 3. The van der Waals surface area contributed by atoms with Crippen molar-refractivity contribution in [1.82, 2.24) is 9.88 Å². The Bertz CT molecular complexity index is 542. The number of thioether (sulfide) groups is 1. The van der Waals surface area contributed by atoms with E-state index in [1.165, 1.54) is 23.9 Å². The highest BCUT2D eigenvalue weighted by atomic mass is 32.2. The summed E-state index contributed by atoms with van der Waals surface area (Å²) < 4.78 is 12.4. The van der Waals surface area contributed by atoms with Crippen molar-refractivity contribution in [3.63, 3.8) is 0 Å². The average Bonchev–Trinajstić information content (AvgIpc) is 2.54. The van der Waals surface area contributed by atoms with Gasteiger partial charge in [-0.15, -0.1) is 0 Å². The van der Waals surface area contributed by atoms with Crippen LogP contribution >= 0.6 is 11.8 Å². The van der Waals surface area contributed by atoms with E-state index in [4.69, 9.17) is 10.9 Å². The molecule has 2 rings (SSSR count). The summed E-state index contributed by atoms with van der Waals surface area (Å²) in [4.78, 5) is 17.7. The van der Waals surface area contributed by atoms with Crippen LogP contribution in [-0.2, 0) is 0 Å². The molecule has 0 saturated carbocycles. The molecule has 1 amide bonds. The summed E-state index contributed by atoms with van der Waals surface area (Å²) in [5, 5.41) is 12.0. The number of oxime groups is 1. The number of hydrogen-bond donors (Lipinski definition) is 2. The number of aromatic nitrogens is 1. The van der Waals surface area contributed by atoms with Crippen LogP contribution in [0.1, 0.15) is 23.3 Å². The molecule has 0 aromatic carbocycles. The molecule has 21 heavy (non-hydrogen) atoms. The van der Waals surface area contributed by atoms with Crippen molar-refractivity contribution in [2.75, 3.05) is 19.3 Å². The summed E-state index contributed by atoms with van der Waals surface area (Å²) in [7, 11) is 0. The van der Waals surface area contributed by atoms with Gasteiger partial charge in [0, 0.05) is 13.1 Å². The van der Waals surface area contributed by atoms with Crippen LogP contribution in [0.2, 0.25) is 0 Å².